The Morgan fingerprint density at radius 2 is 1.60 bits per heavy atom. The number of anilines is 1. The minimum Gasteiger partial charge on any atom is -0.480 e. The number of piperazine rings is 1. The summed E-state index contributed by atoms with van der Waals surface area (Å²) in [5.74, 6) is 4.77. The van der Waals surface area contributed by atoms with E-state index < -0.39 is 34.5 Å². The van der Waals surface area contributed by atoms with Crippen LogP contribution < -0.4 is 21.0 Å². The molecule has 1 fully saturated rings. The van der Waals surface area contributed by atoms with E-state index >= 15 is 0 Å². The van der Waals surface area contributed by atoms with Crippen molar-refractivity contribution < 1.29 is 23.5 Å². The maximum atomic E-state index is 13.4. The Morgan fingerprint density at radius 1 is 0.958 bits per heavy atom. The molecule has 2 N–H and O–H groups in total. The fourth-order valence-corrected chi connectivity index (χ4v) is 6.64. The van der Waals surface area contributed by atoms with Crippen LogP contribution in [0.25, 0.3) is 10.9 Å². The van der Waals surface area contributed by atoms with Crippen molar-refractivity contribution in [2.75, 3.05) is 31.1 Å². The average molecular weight is 674 g/mol. The number of nitrogens with zero attached hydrogens (tertiary/aromatic N) is 5. The van der Waals surface area contributed by atoms with Crippen molar-refractivity contribution in [1.82, 2.24) is 18.7 Å². The van der Waals surface area contributed by atoms with Crippen molar-refractivity contribution in [1.29, 1.82) is 0 Å². The fraction of sp³-hybridized carbons (Fsp3) is 0.343. The number of aryl methyl sites for hydroxylation is 1. The van der Waals surface area contributed by atoms with E-state index in [1.165, 1.54) is 0 Å². The van der Waals surface area contributed by atoms with Crippen molar-refractivity contribution >= 4 is 33.8 Å². The van der Waals surface area contributed by atoms with E-state index in [-0.39, 0.29) is 12.5 Å². The zero-order valence-electron chi connectivity index (χ0n) is 27.1. The first-order chi connectivity index (χ1) is 23.1. The van der Waals surface area contributed by atoms with Gasteiger partial charge in [0.05, 0.1) is 10.9 Å². The van der Waals surface area contributed by atoms with Gasteiger partial charge < -0.3 is 14.8 Å². The standard InChI is InChI=1S/C35H39N5O7S/c1-4-18-38-31-17-14-27(23-30(31)33(41)39(35(38)44)47-24-28-8-6-5-7-9-28)11-10-26-12-15-29(16-13-26)36-19-21-37(22-20-36)40(48(45)46)32(25(2)3)34(42)43/h5-9,12-17,23,25,32H,4,18-22,24H2,1-3H3,(H,42,43)(H,45,46). The van der Waals surface area contributed by atoms with E-state index in [4.69, 9.17) is 4.84 Å². The number of fused-ring (bicyclic) bond motifs is 1. The van der Waals surface area contributed by atoms with Gasteiger partial charge in [0.15, 0.2) is 0 Å². The molecule has 5 rings (SSSR count). The number of carbonyl (C=O) groups is 1. The van der Waals surface area contributed by atoms with Gasteiger partial charge in [-0.2, -0.15) is 0 Å². The van der Waals surface area contributed by atoms with Gasteiger partial charge in [-0.05, 0) is 60.4 Å². The van der Waals surface area contributed by atoms with Crippen LogP contribution in [-0.2, 0) is 29.2 Å². The van der Waals surface area contributed by atoms with Gasteiger partial charge in [-0.1, -0.05) is 67.7 Å². The summed E-state index contributed by atoms with van der Waals surface area (Å²) in [6.07, 6.45) is 0.699. The predicted octanol–water partition coefficient (Wildman–Crippen LogP) is 3.19. The zero-order chi connectivity index (χ0) is 34.4. The molecule has 13 heteroatoms. The lowest BCUT2D eigenvalue weighted by molar-refractivity contribution is -0.148. The Morgan fingerprint density at radius 3 is 2.21 bits per heavy atom. The molecule has 0 spiro atoms. The van der Waals surface area contributed by atoms with Crippen molar-refractivity contribution in [2.24, 2.45) is 5.92 Å². The SMILES string of the molecule is CCCn1c(=O)n(OCc2ccccc2)c(=O)c2cc(C#Cc3ccc(N4CCN(N(C(C(=O)O)C(C)C)S(=O)O)CC4)cc3)ccc21. The molecule has 3 aromatic carbocycles. The number of carboxylic acids is 1. The number of aliphatic carboxylic acids is 1. The molecule has 252 valence electrons. The van der Waals surface area contributed by atoms with Crippen molar-refractivity contribution in [3.63, 3.8) is 0 Å². The zero-order valence-corrected chi connectivity index (χ0v) is 27.9. The topological polar surface area (TPSA) is 138 Å². The van der Waals surface area contributed by atoms with Gasteiger partial charge in [0.1, 0.15) is 12.6 Å². The number of benzene rings is 3. The highest BCUT2D eigenvalue weighted by Gasteiger charge is 2.38. The molecule has 4 aromatic rings. The third kappa shape index (κ3) is 7.69. The summed E-state index contributed by atoms with van der Waals surface area (Å²) in [5, 5.41) is 11.6. The molecule has 0 saturated carbocycles. The Kier molecular flexibility index (Phi) is 11.1. The van der Waals surface area contributed by atoms with Gasteiger partial charge in [0, 0.05) is 49.5 Å². The lowest BCUT2D eigenvalue weighted by Crippen LogP contribution is -2.60. The summed E-state index contributed by atoms with van der Waals surface area (Å²) in [7, 11) is 0. The third-order valence-electron chi connectivity index (χ3n) is 8.16. The molecule has 12 nitrogen and oxygen atoms in total. The minimum atomic E-state index is -2.47. The molecule has 1 saturated heterocycles. The Hall–Kier alpha value is -4.74. The number of hydrogen-bond donors (Lipinski definition) is 2. The molecule has 2 heterocycles. The van der Waals surface area contributed by atoms with E-state index in [0.717, 1.165) is 26.0 Å². The molecule has 1 aliphatic heterocycles. The van der Waals surface area contributed by atoms with Crippen LogP contribution in [0.1, 0.15) is 43.9 Å². The smallest absolute Gasteiger partial charge is 0.365 e. The first kappa shape index (κ1) is 34.6. The van der Waals surface area contributed by atoms with E-state index in [2.05, 4.69) is 16.7 Å². The van der Waals surface area contributed by atoms with Gasteiger partial charge in [-0.15, -0.1) is 4.41 Å². The molecule has 2 atom stereocenters. The molecule has 0 aliphatic carbocycles. The summed E-state index contributed by atoms with van der Waals surface area (Å²) >= 11 is -2.47. The van der Waals surface area contributed by atoms with Crippen LogP contribution in [0.5, 0.6) is 0 Å². The summed E-state index contributed by atoms with van der Waals surface area (Å²) in [5.41, 5.74) is 2.63. The number of rotatable bonds is 11. The average Bonchev–Trinajstić information content (AvgIpc) is 3.08. The van der Waals surface area contributed by atoms with Gasteiger partial charge in [-0.25, -0.2) is 14.0 Å². The van der Waals surface area contributed by atoms with Crippen LogP contribution in [-0.4, -0.2) is 70.8 Å². The summed E-state index contributed by atoms with van der Waals surface area (Å²) in [6.45, 7) is 7.73. The Labute approximate surface area is 281 Å². The van der Waals surface area contributed by atoms with E-state index in [0.29, 0.717) is 55.6 Å². The van der Waals surface area contributed by atoms with Crippen molar-refractivity contribution in [2.45, 2.75) is 46.4 Å². The van der Waals surface area contributed by atoms with E-state index in [1.54, 1.807) is 41.6 Å². The molecule has 0 radical (unpaired) electrons. The highest BCUT2D eigenvalue weighted by molar-refractivity contribution is 7.76. The monoisotopic (exact) mass is 673 g/mol. The molecule has 0 bridgehead atoms. The van der Waals surface area contributed by atoms with E-state index in [1.807, 2.05) is 61.5 Å². The van der Waals surface area contributed by atoms with Crippen LogP contribution >= 0.6 is 0 Å². The first-order valence-electron chi connectivity index (χ1n) is 15.8. The maximum Gasteiger partial charge on any atom is 0.365 e. The predicted molar refractivity (Wildman–Crippen MR) is 185 cm³/mol. The normalized spacial score (nSPS) is 14.9. The fourth-order valence-electron chi connectivity index (χ4n) is 5.75. The highest BCUT2D eigenvalue weighted by atomic mass is 32.2. The largest absolute Gasteiger partial charge is 0.480 e. The van der Waals surface area contributed by atoms with Gasteiger partial charge in [-0.3, -0.25) is 18.7 Å². The van der Waals surface area contributed by atoms with Gasteiger partial charge in [0.2, 0.25) is 11.3 Å². The summed E-state index contributed by atoms with van der Waals surface area (Å²) in [6, 6.07) is 21.1. The van der Waals surface area contributed by atoms with Crippen molar-refractivity contribution in [3.8, 4) is 11.8 Å². The second-order valence-electron chi connectivity index (χ2n) is 11.8. The molecule has 1 aromatic heterocycles. The molecule has 2 unspecified atom stereocenters. The molecule has 0 amide bonds. The van der Waals surface area contributed by atoms with Gasteiger partial charge >= 0.3 is 11.7 Å². The van der Waals surface area contributed by atoms with Crippen LogP contribution in [0.3, 0.4) is 0 Å². The van der Waals surface area contributed by atoms with E-state index in [9.17, 15) is 28.3 Å². The lowest BCUT2D eigenvalue weighted by Gasteiger charge is -2.42. The maximum absolute atomic E-state index is 13.4. The Bertz CT molecular complexity index is 1960. The Balaban J connectivity index is 1.31. The number of aromatic nitrogens is 2. The highest BCUT2D eigenvalue weighted by Crippen LogP contribution is 2.22. The minimum absolute atomic E-state index is 0.0735. The number of hydrogen-bond acceptors (Lipinski definition) is 7. The molecular formula is C35H39N5O7S. The quantitative estimate of drug-likeness (QED) is 0.182. The van der Waals surface area contributed by atoms with Crippen LogP contribution in [0, 0.1) is 17.8 Å². The second-order valence-corrected chi connectivity index (χ2v) is 12.7. The van der Waals surface area contributed by atoms with Crippen LogP contribution in [0.4, 0.5) is 5.69 Å². The summed E-state index contributed by atoms with van der Waals surface area (Å²) < 4.78 is 25.4. The molecule has 48 heavy (non-hydrogen) atoms. The molecular weight excluding hydrogens is 634 g/mol. The van der Waals surface area contributed by atoms with Gasteiger partial charge in [0.25, 0.3) is 5.56 Å². The number of hydrazine groups is 1. The number of carboxylic acid groups (broad SMARTS) is 1. The lowest BCUT2D eigenvalue weighted by atomic mass is 10.1. The van der Waals surface area contributed by atoms with Crippen LogP contribution in [0.15, 0.2) is 82.4 Å². The summed E-state index contributed by atoms with van der Waals surface area (Å²) in [4.78, 5) is 46.3. The van der Waals surface area contributed by atoms with Crippen molar-refractivity contribution in [3.05, 3.63) is 110 Å². The second kappa shape index (κ2) is 15.4. The first-order valence-corrected chi connectivity index (χ1v) is 16.9. The molecule has 1 aliphatic rings. The van der Waals surface area contributed by atoms with Crippen LogP contribution in [0.2, 0.25) is 0 Å². The third-order valence-corrected chi connectivity index (χ3v) is 8.94.